The zero-order chi connectivity index (χ0) is 17.3. The molecule has 0 fully saturated rings. The van der Waals surface area contributed by atoms with Crippen LogP contribution in [0.1, 0.15) is 16.8 Å². The van der Waals surface area contributed by atoms with Crippen molar-refractivity contribution in [2.24, 2.45) is 0 Å². The second kappa shape index (κ2) is 5.81. The number of hydrogen-bond acceptors (Lipinski definition) is 3. The van der Waals surface area contributed by atoms with Gasteiger partial charge in [-0.05, 0) is 24.1 Å². The molecule has 0 saturated heterocycles. The number of rotatable bonds is 2. The Kier molecular flexibility index (Phi) is 3.81. The summed E-state index contributed by atoms with van der Waals surface area (Å²) in [5.74, 6) is 0. The molecule has 0 aliphatic rings. The lowest BCUT2D eigenvalue weighted by molar-refractivity contribution is -0.141. The topological polar surface area (TPSA) is 65.4 Å². The number of aromatic amines is 1. The largest absolute Gasteiger partial charge is 0.434 e. The summed E-state index contributed by atoms with van der Waals surface area (Å²) in [5, 5.41) is 14.6. The number of alkyl halides is 3. The zero-order valence-corrected chi connectivity index (χ0v) is 12.5. The molecule has 3 rings (SSSR count). The van der Waals surface area contributed by atoms with Crippen LogP contribution in [-0.4, -0.2) is 15.2 Å². The SMILES string of the molecule is Cc1cc(-c2n[nH]c(C(F)(F)F)c2C#N)ncc1-c1ccccc1. The number of nitrogens with zero attached hydrogens (tertiary/aromatic N) is 3. The smallest absolute Gasteiger partial charge is 0.272 e. The van der Waals surface area contributed by atoms with Crippen LogP contribution in [0.4, 0.5) is 13.2 Å². The van der Waals surface area contributed by atoms with Crippen molar-refractivity contribution in [3.8, 4) is 28.6 Å². The molecule has 120 valence electrons. The first-order valence-electron chi connectivity index (χ1n) is 7.00. The van der Waals surface area contributed by atoms with Crippen LogP contribution in [-0.2, 0) is 6.18 Å². The lowest BCUT2D eigenvalue weighted by Crippen LogP contribution is -2.07. The van der Waals surface area contributed by atoms with Crippen molar-refractivity contribution in [1.82, 2.24) is 15.2 Å². The Morgan fingerprint density at radius 3 is 2.46 bits per heavy atom. The fourth-order valence-corrected chi connectivity index (χ4v) is 2.45. The van der Waals surface area contributed by atoms with Crippen molar-refractivity contribution in [1.29, 1.82) is 5.26 Å². The van der Waals surface area contributed by atoms with Gasteiger partial charge < -0.3 is 0 Å². The van der Waals surface area contributed by atoms with E-state index in [9.17, 15) is 13.2 Å². The van der Waals surface area contributed by atoms with E-state index < -0.39 is 17.4 Å². The number of H-pyrrole nitrogens is 1. The monoisotopic (exact) mass is 328 g/mol. The molecule has 0 aliphatic carbocycles. The molecule has 0 amide bonds. The maximum atomic E-state index is 12.9. The Labute approximate surface area is 135 Å². The molecule has 24 heavy (non-hydrogen) atoms. The number of aryl methyl sites for hydroxylation is 1. The van der Waals surface area contributed by atoms with Crippen molar-refractivity contribution in [3.63, 3.8) is 0 Å². The summed E-state index contributed by atoms with van der Waals surface area (Å²) < 4.78 is 38.7. The van der Waals surface area contributed by atoms with Crippen LogP contribution in [0.15, 0.2) is 42.6 Å². The molecule has 1 aromatic carbocycles. The number of nitrogens with one attached hydrogen (secondary N) is 1. The van der Waals surface area contributed by atoms with Crippen molar-refractivity contribution >= 4 is 0 Å². The van der Waals surface area contributed by atoms with Gasteiger partial charge in [0.25, 0.3) is 0 Å². The first kappa shape index (κ1) is 15.7. The van der Waals surface area contributed by atoms with E-state index in [-0.39, 0.29) is 11.4 Å². The van der Waals surface area contributed by atoms with Gasteiger partial charge in [0.1, 0.15) is 17.3 Å². The molecule has 0 saturated carbocycles. The Hall–Kier alpha value is -3.14. The van der Waals surface area contributed by atoms with Gasteiger partial charge in [-0.2, -0.15) is 23.5 Å². The molecule has 0 bridgehead atoms. The van der Waals surface area contributed by atoms with E-state index in [4.69, 9.17) is 5.26 Å². The molecule has 0 radical (unpaired) electrons. The average Bonchev–Trinajstić information content (AvgIpc) is 2.99. The van der Waals surface area contributed by atoms with Crippen LogP contribution in [0.5, 0.6) is 0 Å². The predicted octanol–water partition coefficient (Wildman–Crippen LogP) is 4.34. The van der Waals surface area contributed by atoms with E-state index in [1.165, 1.54) is 0 Å². The molecule has 1 N–H and O–H groups in total. The normalized spacial score (nSPS) is 11.3. The highest BCUT2D eigenvalue weighted by Crippen LogP contribution is 2.34. The van der Waals surface area contributed by atoms with Crippen LogP contribution in [0, 0.1) is 18.3 Å². The third-order valence-electron chi connectivity index (χ3n) is 3.60. The predicted molar refractivity (Wildman–Crippen MR) is 81.7 cm³/mol. The fourth-order valence-electron chi connectivity index (χ4n) is 2.45. The first-order chi connectivity index (χ1) is 11.4. The summed E-state index contributed by atoms with van der Waals surface area (Å²) in [4.78, 5) is 4.19. The number of pyridine rings is 1. The van der Waals surface area contributed by atoms with Crippen molar-refractivity contribution < 1.29 is 13.2 Å². The van der Waals surface area contributed by atoms with Gasteiger partial charge in [-0.3, -0.25) is 10.1 Å². The van der Waals surface area contributed by atoms with Crippen molar-refractivity contribution in [3.05, 3.63) is 59.4 Å². The van der Waals surface area contributed by atoms with Crippen molar-refractivity contribution in [2.45, 2.75) is 13.1 Å². The quantitative estimate of drug-likeness (QED) is 0.761. The maximum absolute atomic E-state index is 12.9. The zero-order valence-electron chi connectivity index (χ0n) is 12.5. The second-order valence-electron chi connectivity index (χ2n) is 5.18. The minimum Gasteiger partial charge on any atom is -0.272 e. The number of benzene rings is 1. The van der Waals surface area contributed by atoms with Crippen LogP contribution in [0.25, 0.3) is 22.5 Å². The summed E-state index contributed by atoms with van der Waals surface area (Å²) in [7, 11) is 0. The minimum absolute atomic E-state index is 0.104. The van der Waals surface area contributed by atoms with E-state index in [0.29, 0.717) is 0 Å². The summed E-state index contributed by atoms with van der Waals surface area (Å²) >= 11 is 0. The number of hydrogen-bond donors (Lipinski definition) is 1. The van der Waals surface area contributed by atoms with Gasteiger partial charge in [-0.1, -0.05) is 30.3 Å². The summed E-state index contributed by atoms with van der Waals surface area (Å²) in [5.41, 5.74) is 1.04. The van der Waals surface area contributed by atoms with Gasteiger partial charge >= 0.3 is 6.18 Å². The highest BCUT2D eigenvalue weighted by molar-refractivity contribution is 5.71. The Morgan fingerprint density at radius 2 is 1.88 bits per heavy atom. The number of nitriles is 1. The summed E-state index contributed by atoms with van der Waals surface area (Å²) in [6, 6.07) is 12.7. The molecule has 2 heterocycles. The second-order valence-corrected chi connectivity index (χ2v) is 5.18. The molecule has 7 heteroatoms. The number of halogens is 3. The molecule has 2 aromatic heterocycles. The van der Waals surface area contributed by atoms with Crippen LogP contribution in [0.3, 0.4) is 0 Å². The summed E-state index contributed by atoms with van der Waals surface area (Å²) in [6.45, 7) is 1.83. The van der Waals surface area contributed by atoms with E-state index in [1.54, 1.807) is 18.3 Å². The molecule has 0 unspecified atom stereocenters. The average molecular weight is 328 g/mol. The Bertz CT molecular complexity index is 921. The number of aromatic nitrogens is 3. The van der Waals surface area contributed by atoms with Crippen LogP contribution < -0.4 is 0 Å². The fraction of sp³-hybridized carbons (Fsp3) is 0.118. The van der Waals surface area contributed by atoms with Gasteiger partial charge in [0.05, 0.1) is 5.69 Å². The third-order valence-corrected chi connectivity index (χ3v) is 3.60. The lowest BCUT2D eigenvalue weighted by atomic mass is 10.0. The lowest BCUT2D eigenvalue weighted by Gasteiger charge is -2.07. The van der Waals surface area contributed by atoms with Crippen LogP contribution in [0.2, 0.25) is 0 Å². The van der Waals surface area contributed by atoms with Gasteiger partial charge in [0.15, 0.2) is 5.69 Å². The molecular formula is C17H11F3N4. The highest BCUT2D eigenvalue weighted by Gasteiger charge is 2.38. The third kappa shape index (κ3) is 2.74. The van der Waals surface area contributed by atoms with E-state index in [1.807, 2.05) is 42.4 Å². The van der Waals surface area contributed by atoms with E-state index >= 15 is 0 Å². The van der Waals surface area contributed by atoms with Crippen LogP contribution >= 0.6 is 0 Å². The first-order valence-corrected chi connectivity index (χ1v) is 7.00. The molecule has 0 atom stereocenters. The molecule has 3 aromatic rings. The van der Waals surface area contributed by atoms with Gasteiger partial charge in [-0.15, -0.1) is 0 Å². The molecule has 0 spiro atoms. The minimum atomic E-state index is -4.67. The van der Waals surface area contributed by atoms with Gasteiger partial charge in [-0.25, -0.2) is 0 Å². The van der Waals surface area contributed by atoms with Gasteiger partial charge in [0, 0.05) is 11.8 Å². The standard InChI is InChI=1S/C17H11F3N4/c1-10-7-14(22-9-13(10)11-5-3-2-4-6-11)15-12(8-21)16(24-23-15)17(18,19)20/h2-7,9H,1H3,(H,23,24). The van der Waals surface area contributed by atoms with E-state index in [2.05, 4.69) is 10.1 Å². The molecule has 0 aliphatic heterocycles. The van der Waals surface area contributed by atoms with E-state index in [0.717, 1.165) is 16.7 Å². The van der Waals surface area contributed by atoms with Crippen molar-refractivity contribution in [2.75, 3.05) is 0 Å². The molecular weight excluding hydrogens is 317 g/mol. The van der Waals surface area contributed by atoms with Gasteiger partial charge in [0.2, 0.25) is 0 Å². The molecule has 4 nitrogen and oxygen atoms in total. The summed E-state index contributed by atoms with van der Waals surface area (Å²) in [6.07, 6.45) is -3.10. The Morgan fingerprint density at radius 1 is 1.17 bits per heavy atom. The highest BCUT2D eigenvalue weighted by atomic mass is 19.4. The maximum Gasteiger partial charge on any atom is 0.434 e. The Balaban J connectivity index is 2.08.